The molecule has 3 rings (SSSR count). The zero-order valence-electron chi connectivity index (χ0n) is 12.7. The van der Waals surface area contributed by atoms with E-state index in [-0.39, 0.29) is 5.91 Å². The number of rotatable bonds is 5. The number of hydrogen-bond donors (Lipinski definition) is 2. The fourth-order valence-corrected chi connectivity index (χ4v) is 2.38. The zero-order valence-corrected chi connectivity index (χ0v) is 12.7. The Morgan fingerprint density at radius 1 is 1.36 bits per heavy atom. The Morgan fingerprint density at radius 3 is 2.95 bits per heavy atom. The third-order valence-electron chi connectivity index (χ3n) is 3.65. The predicted octanol–water partition coefficient (Wildman–Crippen LogP) is 3.14. The van der Waals surface area contributed by atoms with Crippen molar-refractivity contribution in [2.24, 2.45) is 0 Å². The maximum absolute atomic E-state index is 12.1. The number of amides is 1. The van der Waals surface area contributed by atoms with Crippen molar-refractivity contribution < 1.29 is 9.32 Å². The van der Waals surface area contributed by atoms with E-state index >= 15 is 0 Å². The highest BCUT2D eigenvalue weighted by Gasteiger charge is 2.11. The summed E-state index contributed by atoms with van der Waals surface area (Å²) in [6.07, 6.45) is 2.23. The monoisotopic (exact) mass is 297 g/mol. The van der Waals surface area contributed by atoms with Crippen LogP contribution in [-0.2, 0) is 17.8 Å². The van der Waals surface area contributed by atoms with Crippen LogP contribution in [0.5, 0.6) is 0 Å². The van der Waals surface area contributed by atoms with Gasteiger partial charge in [-0.3, -0.25) is 4.79 Å². The van der Waals surface area contributed by atoms with Crippen molar-refractivity contribution >= 4 is 16.8 Å². The van der Waals surface area contributed by atoms with Crippen molar-refractivity contribution in [2.45, 2.75) is 32.7 Å². The highest BCUT2D eigenvalue weighted by Crippen LogP contribution is 2.18. The van der Waals surface area contributed by atoms with Gasteiger partial charge in [0, 0.05) is 23.2 Å². The summed E-state index contributed by atoms with van der Waals surface area (Å²) in [7, 11) is 0. The van der Waals surface area contributed by atoms with E-state index in [4.69, 9.17) is 4.52 Å². The van der Waals surface area contributed by atoms with Crippen LogP contribution < -0.4 is 5.32 Å². The van der Waals surface area contributed by atoms with Crippen LogP contribution in [0.2, 0.25) is 0 Å². The molecule has 0 radical (unpaired) electrons. The molecule has 5 nitrogen and oxygen atoms in total. The van der Waals surface area contributed by atoms with Gasteiger partial charge in [0.1, 0.15) is 0 Å². The third kappa shape index (κ3) is 3.03. The lowest BCUT2D eigenvalue weighted by atomic mass is 10.1. The minimum absolute atomic E-state index is 0.0350. The molecule has 3 aromatic rings. The highest BCUT2D eigenvalue weighted by atomic mass is 16.5. The van der Waals surface area contributed by atoms with E-state index in [1.165, 1.54) is 0 Å². The Hall–Kier alpha value is -2.56. The molecule has 0 aliphatic carbocycles. The van der Waals surface area contributed by atoms with Crippen LogP contribution in [0.25, 0.3) is 10.9 Å². The molecule has 0 atom stereocenters. The maximum atomic E-state index is 12.1. The smallest absolute Gasteiger partial charge is 0.224 e. The van der Waals surface area contributed by atoms with Crippen LogP contribution in [0, 0.1) is 0 Å². The van der Waals surface area contributed by atoms with Gasteiger partial charge < -0.3 is 14.8 Å². The first-order valence-corrected chi connectivity index (χ1v) is 7.40. The summed E-state index contributed by atoms with van der Waals surface area (Å²) >= 11 is 0. The third-order valence-corrected chi connectivity index (χ3v) is 3.65. The van der Waals surface area contributed by atoms with Gasteiger partial charge in [-0.15, -0.1) is 0 Å². The molecule has 114 valence electrons. The number of benzene rings is 1. The van der Waals surface area contributed by atoms with Gasteiger partial charge >= 0.3 is 0 Å². The number of H-pyrrole nitrogens is 1. The molecule has 0 fully saturated rings. The SMILES string of the molecule is CC(C)c1cc(CNC(=O)Cc2c[nH]c3ccccc23)on1. The maximum Gasteiger partial charge on any atom is 0.224 e. The standard InChI is InChI=1S/C17H19N3O2/c1-11(2)16-8-13(22-20-16)10-19-17(21)7-12-9-18-15-6-4-3-5-14(12)15/h3-6,8-9,11,18H,7,10H2,1-2H3,(H,19,21). The Labute approximate surface area is 128 Å². The summed E-state index contributed by atoms with van der Waals surface area (Å²) in [5, 5.41) is 7.93. The molecule has 1 amide bonds. The van der Waals surface area contributed by atoms with Crippen molar-refractivity contribution in [3.8, 4) is 0 Å². The second kappa shape index (κ2) is 6.05. The molecule has 0 bridgehead atoms. The number of para-hydroxylation sites is 1. The minimum Gasteiger partial charge on any atom is -0.361 e. The molecular weight excluding hydrogens is 278 g/mol. The summed E-state index contributed by atoms with van der Waals surface area (Å²) in [6, 6.07) is 9.84. The molecule has 0 aliphatic heterocycles. The number of aromatic nitrogens is 2. The largest absolute Gasteiger partial charge is 0.361 e. The molecule has 2 heterocycles. The predicted molar refractivity (Wildman–Crippen MR) is 84.4 cm³/mol. The van der Waals surface area contributed by atoms with E-state index in [0.29, 0.717) is 24.6 Å². The quantitative estimate of drug-likeness (QED) is 0.760. The van der Waals surface area contributed by atoms with Crippen LogP contribution in [0.3, 0.4) is 0 Å². The topological polar surface area (TPSA) is 70.9 Å². The fraction of sp³-hybridized carbons (Fsp3) is 0.294. The molecule has 0 saturated carbocycles. The molecule has 1 aromatic carbocycles. The summed E-state index contributed by atoms with van der Waals surface area (Å²) < 4.78 is 5.21. The number of nitrogens with zero attached hydrogens (tertiary/aromatic N) is 1. The fourth-order valence-electron chi connectivity index (χ4n) is 2.38. The molecular formula is C17H19N3O2. The van der Waals surface area contributed by atoms with Crippen molar-refractivity contribution in [1.82, 2.24) is 15.5 Å². The number of aromatic amines is 1. The molecule has 0 spiro atoms. The Balaban J connectivity index is 1.60. The number of fused-ring (bicyclic) bond motifs is 1. The van der Waals surface area contributed by atoms with Gasteiger partial charge in [-0.1, -0.05) is 37.2 Å². The average molecular weight is 297 g/mol. The summed E-state index contributed by atoms with van der Waals surface area (Å²) in [4.78, 5) is 15.3. The number of carbonyl (C=O) groups is 1. The molecule has 0 saturated heterocycles. The Bertz CT molecular complexity index is 786. The van der Waals surface area contributed by atoms with E-state index < -0.39 is 0 Å². The van der Waals surface area contributed by atoms with Crippen molar-refractivity contribution in [2.75, 3.05) is 0 Å². The number of nitrogens with one attached hydrogen (secondary N) is 2. The van der Waals surface area contributed by atoms with Crippen LogP contribution in [0.4, 0.5) is 0 Å². The van der Waals surface area contributed by atoms with Crippen LogP contribution in [0.15, 0.2) is 41.1 Å². The van der Waals surface area contributed by atoms with Gasteiger partial charge in [0.15, 0.2) is 5.76 Å². The minimum atomic E-state index is -0.0350. The molecule has 2 N–H and O–H groups in total. The lowest BCUT2D eigenvalue weighted by molar-refractivity contribution is -0.120. The van der Waals surface area contributed by atoms with Crippen molar-refractivity contribution in [3.63, 3.8) is 0 Å². The lowest BCUT2D eigenvalue weighted by Crippen LogP contribution is -2.24. The summed E-state index contributed by atoms with van der Waals surface area (Å²) in [6.45, 7) is 4.47. The van der Waals surface area contributed by atoms with E-state index in [0.717, 1.165) is 22.2 Å². The number of carbonyl (C=O) groups excluding carboxylic acids is 1. The van der Waals surface area contributed by atoms with E-state index in [9.17, 15) is 4.79 Å². The second-order valence-corrected chi connectivity index (χ2v) is 5.69. The van der Waals surface area contributed by atoms with Crippen molar-refractivity contribution in [3.05, 3.63) is 53.5 Å². The second-order valence-electron chi connectivity index (χ2n) is 5.69. The van der Waals surface area contributed by atoms with Crippen LogP contribution in [0.1, 0.15) is 36.8 Å². The Morgan fingerprint density at radius 2 is 2.18 bits per heavy atom. The van der Waals surface area contributed by atoms with Gasteiger partial charge in [0.05, 0.1) is 18.7 Å². The first kappa shape index (κ1) is 14.4. The first-order chi connectivity index (χ1) is 10.6. The summed E-state index contributed by atoms with van der Waals surface area (Å²) in [5.41, 5.74) is 2.94. The van der Waals surface area contributed by atoms with E-state index in [2.05, 4.69) is 29.3 Å². The average Bonchev–Trinajstić information content (AvgIpc) is 3.13. The zero-order chi connectivity index (χ0) is 15.5. The van der Waals surface area contributed by atoms with E-state index in [1.54, 1.807) is 0 Å². The first-order valence-electron chi connectivity index (χ1n) is 7.40. The Kier molecular flexibility index (Phi) is 3.96. The molecule has 5 heteroatoms. The number of hydrogen-bond acceptors (Lipinski definition) is 3. The van der Waals surface area contributed by atoms with Gasteiger partial charge in [-0.2, -0.15) is 0 Å². The highest BCUT2D eigenvalue weighted by molar-refractivity contribution is 5.88. The van der Waals surface area contributed by atoms with Gasteiger partial charge in [0.25, 0.3) is 0 Å². The normalized spacial score (nSPS) is 11.2. The van der Waals surface area contributed by atoms with Crippen LogP contribution >= 0.6 is 0 Å². The van der Waals surface area contributed by atoms with Gasteiger partial charge in [0.2, 0.25) is 5.91 Å². The summed E-state index contributed by atoms with van der Waals surface area (Å²) in [5.74, 6) is 0.961. The van der Waals surface area contributed by atoms with Crippen molar-refractivity contribution in [1.29, 1.82) is 0 Å². The molecule has 2 aromatic heterocycles. The molecule has 0 aliphatic rings. The molecule has 0 unspecified atom stereocenters. The van der Waals surface area contributed by atoms with Gasteiger partial charge in [-0.25, -0.2) is 0 Å². The molecule has 22 heavy (non-hydrogen) atoms. The van der Waals surface area contributed by atoms with Crippen LogP contribution in [-0.4, -0.2) is 16.0 Å². The van der Waals surface area contributed by atoms with E-state index in [1.807, 2.05) is 36.5 Å². The lowest BCUT2D eigenvalue weighted by Gasteiger charge is -2.02. The van der Waals surface area contributed by atoms with Gasteiger partial charge in [-0.05, 0) is 17.5 Å².